The van der Waals surface area contributed by atoms with E-state index in [1.54, 1.807) is 18.2 Å². The predicted octanol–water partition coefficient (Wildman–Crippen LogP) is 3.51. The van der Waals surface area contributed by atoms with Crippen LogP contribution in [0.25, 0.3) is 0 Å². The molecule has 1 saturated heterocycles. The van der Waals surface area contributed by atoms with E-state index < -0.39 is 0 Å². The van der Waals surface area contributed by atoms with Gasteiger partial charge in [-0.05, 0) is 43.5 Å². The number of nitrogens with one attached hydrogen (secondary N) is 1. The smallest absolute Gasteiger partial charge is 0.239 e. The van der Waals surface area contributed by atoms with Crippen LogP contribution in [-0.4, -0.2) is 29.9 Å². The van der Waals surface area contributed by atoms with Crippen LogP contribution in [-0.2, 0) is 17.9 Å². The van der Waals surface area contributed by atoms with E-state index in [1.165, 1.54) is 6.07 Å². The summed E-state index contributed by atoms with van der Waals surface area (Å²) in [5.41, 5.74) is 1.61. The number of ether oxygens (including phenoxy) is 1. The Morgan fingerprint density at radius 1 is 1.15 bits per heavy atom. The number of halogens is 1. The minimum absolute atomic E-state index is 0.173. The molecule has 2 aromatic rings. The molecule has 0 saturated carbocycles. The lowest BCUT2D eigenvalue weighted by Gasteiger charge is -2.21. The van der Waals surface area contributed by atoms with Gasteiger partial charge in [-0.25, -0.2) is 4.39 Å². The van der Waals surface area contributed by atoms with E-state index in [2.05, 4.69) is 5.32 Å². The topological polar surface area (TPSA) is 41.6 Å². The SMILES string of the molecule is CC(NCc1ccc(OCc2ccccc2F)cc1)C(=O)N1CCCC1. The lowest BCUT2D eigenvalue weighted by Crippen LogP contribution is -2.43. The Kier molecular flexibility index (Phi) is 6.23. The van der Waals surface area contributed by atoms with Crippen LogP contribution in [0, 0.1) is 5.82 Å². The molecular weight excluding hydrogens is 331 g/mol. The Morgan fingerprint density at radius 3 is 2.54 bits per heavy atom. The highest BCUT2D eigenvalue weighted by molar-refractivity contribution is 5.81. The quantitative estimate of drug-likeness (QED) is 0.825. The highest BCUT2D eigenvalue weighted by Gasteiger charge is 2.22. The van der Waals surface area contributed by atoms with Crippen molar-refractivity contribution in [2.45, 2.75) is 39.0 Å². The van der Waals surface area contributed by atoms with Crippen LogP contribution in [0.15, 0.2) is 48.5 Å². The molecule has 0 spiro atoms. The number of likely N-dealkylation sites (tertiary alicyclic amines) is 1. The minimum atomic E-state index is -0.259. The van der Waals surface area contributed by atoms with Gasteiger partial charge in [-0.2, -0.15) is 0 Å². The predicted molar refractivity (Wildman–Crippen MR) is 99.3 cm³/mol. The van der Waals surface area contributed by atoms with Crippen molar-refractivity contribution in [3.05, 3.63) is 65.5 Å². The van der Waals surface area contributed by atoms with Gasteiger partial charge in [-0.1, -0.05) is 30.3 Å². The summed E-state index contributed by atoms with van der Waals surface area (Å²) < 4.78 is 19.2. The zero-order chi connectivity index (χ0) is 18.4. The highest BCUT2D eigenvalue weighted by Crippen LogP contribution is 2.16. The van der Waals surface area contributed by atoms with Crippen LogP contribution >= 0.6 is 0 Å². The van der Waals surface area contributed by atoms with E-state index in [1.807, 2.05) is 36.1 Å². The molecule has 0 bridgehead atoms. The molecule has 138 valence electrons. The molecule has 1 unspecified atom stereocenters. The fraction of sp³-hybridized carbons (Fsp3) is 0.381. The Labute approximate surface area is 154 Å². The first-order valence-corrected chi connectivity index (χ1v) is 9.11. The largest absolute Gasteiger partial charge is 0.489 e. The van der Waals surface area contributed by atoms with Crippen molar-refractivity contribution in [2.75, 3.05) is 13.1 Å². The number of benzene rings is 2. The van der Waals surface area contributed by atoms with E-state index in [0.29, 0.717) is 17.9 Å². The number of carbonyl (C=O) groups excluding carboxylic acids is 1. The van der Waals surface area contributed by atoms with Gasteiger partial charge in [-0.15, -0.1) is 0 Å². The molecule has 1 amide bonds. The van der Waals surface area contributed by atoms with Crippen LogP contribution in [0.5, 0.6) is 5.75 Å². The summed E-state index contributed by atoms with van der Waals surface area (Å²) >= 11 is 0. The Morgan fingerprint density at radius 2 is 1.85 bits per heavy atom. The van der Waals surface area contributed by atoms with Crippen molar-refractivity contribution in [3.63, 3.8) is 0 Å². The molecule has 1 aliphatic rings. The molecular formula is C21H25FN2O2. The maximum absolute atomic E-state index is 13.6. The maximum Gasteiger partial charge on any atom is 0.239 e. The molecule has 1 aliphatic heterocycles. The molecule has 3 rings (SSSR count). The maximum atomic E-state index is 13.6. The summed E-state index contributed by atoms with van der Waals surface area (Å²) in [5, 5.41) is 3.28. The lowest BCUT2D eigenvalue weighted by molar-refractivity contribution is -0.131. The van der Waals surface area contributed by atoms with Crippen molar-refractivity contribution in [3.8, 4) is 5.75 Å². The van der Waals surface area contributed by atoms with Crippen LogP contribution in [0.3, 0.4) is 0 Å². The van der Waals surface area contributed by atoms with Crippen LogP contribution in [0.2, 0.25) is 0 Å². The summed E-state index contributed by atoms with van der Waals surface area (Å²) in [6.45, 7) is 4.48. The van der Waals surface area contributed by atoms with Gasteiger partial charge in [0.2, 0.25) is 5.91 Å². The van der Waals surface area contributed by atoms with Crippen molar-refractivity contribution >= 4 is 5.91 Å². The van der Waals surface area contributed by atoms with Gasteiger partial charge in [0.15, 0.2) is 0 Å². The number of rotatable bonds is 7. The number of carbonyl (C=O) groups is 1. The molecule has 1 heterocycles. The van der Waals surface area contributed by atoms with E-state index in [-0.39, 0.29) is 24.4 Å². The molecule has 0 aliphatic carbocycles. The third-order valence-corrected chi connectivity index (χ3v) is 4.68. The van der Waals surface area contributed by atoms with Gasteiger partial charge in [0, 0.05) is 25.2 Å². The lowest BCUT2D eigenvalue weighted by atomic mass is 10.2. The van der Waals surface area contributed by atoms with Crippen molar-refractivity contribution < 1.29 is 13.9 Å². The van der Waals surface area contributed by atoms with Gasteiger partial charge in [0.25, 0.3) is 0 Å². The summed E-state index contributed by atoms with van der Waals surface area (Å²) in [6.07, 6.45) is 2.21. The van der Waals surface area contributed by atoms with Crippen molar-refractivity contribution in [1.29, 1.82) is 0 Å². The van der Waals surface area contributed by atoms with E-state index in [4.69, 9.17) is 4.74 Å². The first kappa shape index (κ1) is 18.4. The standard InChI is InChI=1S/C21H25FN2O2/c1-16(21(25)24-12-4-5-13-24)23-14-17-8-10-19(11-9-17)26-15-18-6-2-3-7-20(18)22/h2-3,6-11,16,23H,4-5,12-15H2,1H3. The highest BCUT2D eigenvalue weighted by atomic mass is 19.1. The van der Waals surface area contributed by atoms with Crippen molar-refractivity contribution in [2.24, 2.45) is 0 Å². The molecule has 0 aromatic heterocycles. The third kappa shape index (κ3) is 4.82. The number of hydrogen-bond donors (Lipinski definition) is 1. The molecule has 5 heteroatoms. The van der Waals surface area contributed by atoms with Gasteiger partial charge in [0.05, 0.1) is 6.04 Å². The van der Waals surface area contributed by atoms with Crippen LogP contribution < -0.4 is 10.1 Å². The normalized spacial score (nSPS) is 15.1. The first-order chi connectivity index (χ1) is 12.6. The second kappa shape index (κ2) is 8.81. The number of hydrogen-bond acceptors (Lipinski definition) is 3. The molecule has 1 atom stereocenters. The minimum Gasteiger partial charge on any atom is -0.489 e. The Balaban J connectivity index is 1.46. The molecule has 26 heavy (non-hydrogen) atoms. The zero-order valence-corrected chi connectivity index (χ0v) is 15.1. The Bertz CT molecular complexity index is 727. The van der Waals surface area contributed by atoms with Gasteiger partial charge < -0.3 is 15.0 Å². The van der Waals surface area contributed by atoms with Crippen molar-refractivity contribution in [1.82, 2.24) is 10.2 Å². The molecule has 2 aromatic carbocycles. The molecule has 4 nitrogen and oxygen atoms in total. The van der Waals surface area contributed by atoms with Gasteiger partial charge in [0.1, 0.15) is 18.2 Å². The van der Waals surface area contributed by atoms with Crippen LogP contribution in [0.1, 0.15) is 30.9 Å². The average Bonchev–Trinajstić information content (AvgIpc) is 3.20. The van der Waals surface area contributed by atoms with Gasteiger partial charge in [-0.3, -0.25) is 4.79 Å². The Hall–Kier alpha value is -2.40. The molecule has 1 fully saturated rings. The molecule has 0 radical (unpaired) electrons. The number of nitrogens with zero attached hydrogens (tertiary/aromatic N) is 1. The summed E-state index contributed by atoms with van der Waals surface area (Å²) in [6, 6.07) is 14.1. The number of amides is 1. The first-order valence-electron chi connectivity index (χ1n) is 9.11. The molecule has 1 N–H and O–H groups in total. The summed E-state index contributed by atoms with van der Waals surface area (Å²) in [7, 11) is 0. The fourth-order valence-corrected chi connectivity index (χ4v) is 3.05. The zero-order valence-electron chi connectivity index (χ0n) is 15.1. The van der Waals surface area contributed by atoms with Gasteiger partial charge >= 0.3 is 0 Å². The van der Waals surface area contributed by atoms with E-state index in [9.17, 15) is 9.18 Å². The average molecular weight is 356 g/mol. The fourth-order valence-electron chi connectivity index (χ4n) is 3.05. The second-order valence-electron chi connectivity index (χ2n) is 6.66. The monoisotopic (exact) mass is 356 g/mol. The summed E-state index contributed by atoms with van der Waals surface area (Å²) in [4.78, 5) is 14.2. The van der Waals surface area contributed by atoms with E-state index >= 15 is 0 Å². The third-order valence-electron chi connectivity index (χ3n) is 4.68. The summed E-state index contributed by atoms with van der Waals surface area (Å²) in [5.74, 6) is 0.607. The second-order valence-corrected chi connectivity index (χ2v) is 6.66. The van der Waals surface area contributed by atoms with E-state index in [0.717, 1.165) is 31.5 Å². The van der Waals surface area contributed by atoms with Crippen LogP contribution in [0.4, 0.5) is 4.39 Å².